The monoisotopic (exact) mass is 306 g/mol. The van der Waals surface area contributed by atoms with Crippen molar-refractivity contribution in [2.45, 2.75) is 12.8 Å². The smallest absolute Gasteiger partial charge is 0.0935 e. The lowest BCUT2D eigenvalue weighted by Crippen LogP contribution is -2.23. The van der Waals surface area contributed by atoms with Gasteiger partial charge in [-0.05, 0) is 36.7 Å². The molecule has 0 aromatic rings. The van der Waals surface area contributed by atoms with Gasteiger partial charge in [0, 0.05) is 37.9 Å². The van der Waals surface area contributed by atoms with Crippen LogP contribution in [0, 0.1) is 0 Å². The van der Waals surface area contributed by atoms with Gasteiger partial charge in [0.05, 0.1) is 13.3 Å². The van der Waals surface area contributed by atoms with Crippen LogP contribution in [-0.4, -0.2) is 57.5 Å². The Hall–Kier alpha value is -1.49. The van der Waals surface area contributed by atoms with Crippen LogP contribution in [0.3, 0.4) is 0 Å². The standard InChI is InChI=1S/C16H26N4S/c1-3-17-9-11-19(15-17)7-5-13-21-14-6-8-20-12-10-18(4-2)16-20/h3-4,9-12H,1-2,5-8,13-16H2. The summed E-state index contributed by atoms with van der Waals surface area (Å²) in [5.41, 5.74) is 0. The Labute approximate surface area is 133 Å². The molecule has 21 heavy (non-hydrogen) atoms. The highest BCUT2D eigenvalue weighted by molar-refractivity contribution is 7.99. The van der Waals surface area contributed by atoms with Crippen LogP contribution in [0.2, 0.25) is 0 Å². The number of nitrogens with zero attached hydrogens (tertiary/aromatic N) is 4. The fourth-order valence-electron chi connectivity index (χ4n) is 2.34. The third-order valence-electron chi connectivity index (χ3n) is 3.56. The van der Waals surface area contributed by atoms with Crippen LogP contribution in [-0.2, 0) is 0 Å². The summed E-state index contributed by atoms with van der Waals surface area (Å²) >= 11 is 2.06. The molecular formula is C16H26N4S. The maximum Gasteiger partial charge on any atom is 0.0935 e. The van der Waals surface area contributed by atoms with Crippen molar-refractivity contribution >= 4 is 11.8 Å². The van der Waals surface area contributed by atoms with Crippen LogP contribution in [0.1, 0.15) is 12.8 Å². The van der Waals surface area contributed by atoms with Gasteiger partial charge in [0.2, 0.25) is 0 Å². The molecule has 2 heterocycles. The van der Waals surface area contributed by atoms with Crippen LogP contribution in [0.25, 0.3) is 0 Å². The van der Waals surface area contributed by atoms with Gasteiger partial charge in [0.15, 0.2) is 0 Å². The van der Waals surface area contributed by atoms with E-state index < -0.39 is 0 Å². The van der Waals surface area contributed by atoms with Crippen molar-refractivity contribution < 1.29 is 0 Å². The van der Waals surface area contributed by atoms with E-state index in [0.717, 1.165) is 26.4 Å². The van der Waals surface area contributed by atoms with Gasteiger partial charge in [-0.2, -0.15) is 11.8 Å². The Morgan fingerprint density at radius 1 is 0.810 bits per heavy atom. The van der Waals surface area contributed by atoms with Gasteiger partial charge >= 0.3 is 0 Å². The minimum absolute atomic E-state index is 0.954. The van der Waals surface area contributed by atoms with E-state index in [1.165, 1.54) is 24.3 Å². The lowest BCUT2D eigenvalue weighted by Gasteiger charge is -2.19. The van der Waals surface area contributed by atoms with E-state index in [2.05, 4.69) is 69.3 Å². The maximum atomic E-state index is 3.78. The molecular weight excluding hydrogens is 280 g/mol. The summed E-state index contributed by atoms with van der Waals surface area (Å²) in [6.45, 7) is 11.7. The fourth-order valence-corrected chi connectivity index (χ4v) is 3.21. The Bertz CT molecular complexity index is 358. The Balaban J connectivity index is 1.41. The SMILES string of the molecule is C=CN1C=CN(CCCSCCCN2C=CN(C=C)C2)C1. The summed E-state index contributed by atoms with van der Waals surface area (Å²) in [5, 5.41) is 0. The molecule has 0 atom stereocenters. The van der Waals surface area contributed by atoms with E-state index in [-0.39, 0.29) is 0 Å². The van der Waals surface area contributed by atoms with E-state index in [1.54, 1.807) is 0 Å². The summed E-state index contributed by atoms with van der Waals surface area (Å²) in [7, 11) is 0. The molecule has 0 spiro atoms. The molecule has 0 bridgehead atoms. The molecule has 0 fully saturated rings. The first kappa shape index (κ1) is 15.9. The molecule has 0 saturated heterocycles. The highest BCUT2D eigenvalue weighted by Gasteiger charge is 2.09. The summed E-state index contributed by atoms with van der Waals surface area (Å²) in [4.78, 5) is 8.87. The van der Waals surface area contributed by atoms with Gasteiger partial charge in [0.25, 0.3) is 0 Å². The van der Waals surface area contributed by atoms with Crippen molar-refractivity contribution in [3.63, 3.8) is 0 Å². The van der Waals surface area contributed by atoms with Crippen molar-refractivity contribution in [2.75, 3.05) is 37.9 Å². The first-order valence-electron chi connectivity index (χ1n) is 7.51. The van der Waals surface area contributed by atoms with Gasteiger partial charge < -0.3 is 19.6 Å². The number of hydrogen-bond donors (Lipinski definition) is 0. The van der Waals surface area contributed by atoms with Gasteiger partial charge in [-0.25, -0.2) is 0 Å². The minimum atomic E-state index is 0.954. The zero-order chi connectivity index (χ0) is 14.9. The van der Waals surface area contributed by atoms with Gasteiger partial charge in [-0.3, -0.25) is 0 Å². The highest BCUT2D eigenvalue weighted by atomic mass is 32.2. The van der Waals surface area contributed by atoms with Crippen LogP contribution < -0.4 is 0 Å². The number of hydrogen-bond acceptors (Lipinski definition) is 5. The summed E-state index contributed by atoms with van der Waals surface area (Å²) in [6.07, 6.45) is 14.7. The van der Waals surface area contributed by atoms with Gasteiger partial charge in [0.1, 0.15) is 0 Å². The third-order valence-corrected chi connectivity index (χ3v) is 4.72. The largest absolute Gasteiger partial charge is 0.358 e. The van der Waals surface area contributed by atoms with Crippen molar-refractivity contribution in [3.05, 3.63) is 50.4 Å². The van der Waals surface area contributed by atoms with E-state index in [0.29, 0.717) is 0 Å². The topological polar surface area (TPSA) is 13.0 Å². The molecule has 4 nitrogen and oxygen atoms in total. The Kier molecular flexibility index (Phi) is 6.60. The average Bonchev–Trinajstić information content (AvgIpc) is 3.15. The van der Waals surface area contributed by atoms with Crippen LogP contribution in [0.15, 0.2) is 50.4 Å². The first-order valence-corrected chi connectivity index (χ1v) is 8.66. The quantitative estimate of drug-likeness (QED) is 0.574. The minimum Gasteiger partial charge on any atom is -0.358 e. The summed E-state index contributed by atoms with van der Waals surface area (Å²) in [6, 6.07) is 0. The van der Waals surface area contributed by atoms with E-state index in [4.69, 9.17) is 0 Å². The molecule has 0 saturated carbocycles. The normalized spacial score (nSPS) is 17.1. The molecule has 0 aromatic heterocycles. The Morgan fingerprint density at radius 2 is 1.29 bits per heavy atom. The Morgan fingerprint density at radius 3 is 1.67 bits per heavy atom. The van der Waals surface area contributed by atoms with E-state index >= 15 is 0 Å². The maximum absolute atomic E-state index is 3.78. The predicted molar refractivity (Wildman–Crippen MR) is 92.1 cm³/mol. The molecule has 0 radical (unpaired) electrons. The average molecular weight is 306 g/mol. The molecule has 0 amide bonds. The summed E-state index contributed by atoms with van der Waals surface area (Å²) in [5.74, 6) is 2.49. The van der Waals surface area contributed by atoms with Crippen molar-refractivity contribution in [2.24, 2.45) is 0 Å². The van der Waals surface area contributed by atoms with Crippen LogP contribution >= 0.6 is 11.8 Å². The molecule has 0 aromatic carbocycles. The van der Waals surface area contributed by atoms with Crippen molar-refractivity contribution in [1.82, 2.24) is 19.6 Å². The molecule has 2 rings (SSSR count). The van der Waals surface area contributed by atoms with Crippen molar-refractivity contribution in [1.29, 1.82) is 0 Å². The fraction of sp³-hybridized carbons (Fsp3) is 0.500. The second kappa shape index (κ2) is 8.72. The lowest BCUT2D eigenvalue weighted by atomic mass is 10.4. The molecule has 116 valence electrons. The number of thioether (sulfide) groups is 1. The van der Waals surface area contributed by atoms with Crippen LogP contribution in [0.4, 0.5) is 0 Å². The third kappa shape index (κ3) is 5.42. The highest BCUT2D eigenvalue weighted by Crippen LogP contribution is 2.12. The summed E-state index contributed by atoms with van der Waals surface area (Å²) < 4.78 is 0. The zero-order valence-corrected chi connectivity index (χ0v) is 13.5. The van der Waals surface area contributed by atoms with E-state index in [9.17, 15) is 0 Å². The second-order valence-corrected chi connectivity index (χ2v) is 6.44. The molecule has 0 aliphatic carbocycles. The molecule has 0 unspecified atom stereocenters. The molecule has 2 aliphatic heterocycles. The second-order valence-electron chi connectivity index (χ2n) is 5.22. The zero-order valence-electron chi connectivity index (χ0n) is 12.7. The van der Waals surface area contributed by atoms with Gasteiger partial charge in [-0.15, -0.1) is 0 Å². The lowest BCUT2D eigenvalue weighted by molar-refractivity contribution is 0.315. The van der Waals surface area contributed by atoms with Gasteiger partial charge in [-0.1, -0.05) is 13.2 Å². The molecule has 0 N–H and O–H groups in total. The predicted octanol–water partition coefficient (Wildman–Crippen LogP) is 2.88. The van der Waals surface area contributed by atoms with Crippen molar-refractivity contribution in [3.8, 4) is 0 Å². The molecule has 5 heteroatoms. The molecule has 2 aliphatic rings. The van der Waals surface area contributed by atoms with Crippen LogP contribution in [0.5, 0.6) is 0 Å². The first-order chi connectivity index (χ1) is 10.3. The van der Waals surface area contributed by atoms with E-state index in [1.807, 2.05) is 12.4 Å². The number of rotatable bonds is 10.